The van der Waals surface area contributed by atoms with Gasteiger partial charge in [0.25, 0.3) is 5.91 Å². The maximum atomic E-state index is 13.7. The fraction of sp³-hybridized carbons (Fsp3) is 0.462. The summed E-state index contributed by atoms with van der Waals surface area (Å²) in [5.41, 5.74) is -0.494. The van der Waals surface area contributed by atoms with E-state index in [-0.39, 0.29) is 31.2 Å². The lowest BCUT2D eigenvalue weighted by atomic mass is 10.1. The molecule has 7 heteroatoms. The Morgan fingerprint density at radius 3 is 2.75 bits per heavy atom. The largest absolute Gasteiger partial charge is 0.373 e. The van der Waals surface area contributed by atoms with Crippen LogP contribution < -0.4 is 0 Å². The molecule has 0 spiro atoms. The third-order valence-corrected chi connectivity index (χ3v) is 3.55. The highest BCUT2D eigenvalue weighted by molar-refractivity contribution is 6.18. The summed E-state index contributed by atoms with van der Waals surface area (Å²) in [5, 5.41) is 0. The number of amides is 1. The summed E-state index contributed by atoms with van der Waals surface area (Å²) in [4.78, 5) is 13.6. The molecule has 0 bridgehead atoms. The van der Waals surface area contributed by atoms with E-state index >= 15 is 0 Å². The third kappa shape index (κ3) is 2.76. The molecule has 3 nitrogen and oxygen atoms in total. The summed E-state index contributed by atoms with van der Waals surface area (Å²) in [6.45, 7) is 2.16. The van der Waals surface area contributed by atoms with Gasteiger partial charge in [-0.2, -0.15) is 0 Å². The molecule has 2 atom stereocenters. The van der Waals surface area contributed by atoms with Crippen LogP contribution in [0.25, 0.3) is 0 Å². The van der Waals surface area contributed by atoms with Gasteiger partial charge >= 0.3 is 0 Å². The first-order valence-corrected chi connectivity index (χ1v) is 6.61. The van der Waals surface area contributed by atoms with E-state index in [1.165, 1.54) is 4.90 Å². The van der Waals surface area contributed by atoms with Gasteiger partial charge in [0.05, 0.1) is 30.2 Å². The lowest BCUT2D eigenvalue weighted by molar-refractivity contribution is -0.0373. The highest BCUT2D eigenvalue weighted by Crippen LogP contribution is 2.20. The highest BCUT2D eigenvalue weighted by Gasteiger charge is 2.32. The molecule has 1 aliphatic rings. The summed E-state index contributed by atoms with van der Waals surface area (Å²) in [6.07, 6.45) is -0.356. The summed E-state index contributed by atoms with van der Waals surface area (Å²) in [6, 6.07) is 1.37. The minimum atomic E-state index is -1.65. The molecule has 1 amide bonds. The molecule has 1 saturated heterocycles. The minimum absolute atomic E-state index is 0.182. The number of benzene rings is 1. The lowest BCUT2D eigenvalue weighted by Gasteiger charge is -2.37. The van der Waals surface area contributed by atoms with Crippen molar-refractivity contribution in [2.45, 2.75) is 19.1 Å². The van der Waals surface area contributed by atoms with Crippen LogP contribution in [-0.2, 0) is 4.74 Å². The van der Waals surface area contributed by atoms with Gasteiger partial charge in [0.2, 0.25) is 0 Å². The first kappa shape index (κ1) is 15.1. The molecule has 2 unspecified atom stereocenters. The highest BCUT2D eigenvalue weighted by atomic mass is 35.5. The van der Waals surface area contributed by atoms with E-state index in [1.54, 1.807) is 6.92 Å². The van der Waals surface area contributed by atoms with Crippen molar-refractivity contribution in [3.8, 4) is 0 Å². The Hall–Kier alpha value is -1.27. The first-order valence-electron chi connectivity index (χ1n) is 6.07. The van der Waals surface area contributed by atoms with Crippen molar-refractivity contribution < 1.29 is 22.7 Å². The Morgan fingerprint density at radius 1 is 1.40 bits per heavy atom. The fourth-order valence-electron chi connectivity index (χ4n) is 2.04. The van der Waals surface area contributed by atoms with Gasteiger partial charge in [-0.15, -0.1) is 11.6 Å². The van der Waals surface area contributed by atoms with Crippen LogP contribution in [0.1, 0.15) is 17.3 Å². The minimum Gasteiger partial charge on any atom is -0.373 e. The number of carbonyl (C=O) groups excluding carboxylic acids is 1. The number of carbonyl (C=O) groups is 1. The fourth-order valence-corrected chi connectivity index (χ4v) is 2.23. The van der Waals surface area contributed by atoms with Crippen molar-refractivity contribution in [3.05, 3.63) is 35.1 Å². The first-order chi connectivity index (χ1) is 9.45. The SMILES string of the molecule is CC1COC(CCl)CN1C(=O)c1ccc(F)c(F)c1F. The van der Waals surface area contributed by atoms with Crippen LogP contribution in [0.2, 0.25) is 0 Å². The molecular formula is C13H13ClF3NO2. The molecule has 1 aromatic rings. The summed E-state index contributed by atoms with van der Waals surface area (Å²) in [5.74, 6) is -4.96. The molecule has 0 radical (unpaired) electrons. The number of morpholine rings is 1. The molecule has 0 N–H and O–H groups in total. The molecular weight excluding hydrogens is 295 g/mol. The van der Waals surface area contributed by atoms with Crippen LogP contribution in [-0.4, -0.2) is 42.0 Å². The number of nitrogens with zero attached hydrogens (tertiary/aromatic N) is 1. The van der Waals surface area contributed by atoms with Crippen molar-refractivity contribution in [1.82, 2.24) is 4.90 Å². The second-order valence-corrected chi connectivity index (χ2v) is 4.95. The number of rotatable bonds is 2. The quantitative estimate of drug-likeness (QED) is 0.621. The van der Waals surface area contributed by atoms with Gasteiger partial charge in [-0.25, -0.2) is 13.2 Å². The molecule has 1 aliphatic heterocycles. The summed E-state index contributed by atoms with van der Waals surface area (Å²) < 4.78 is 45.1. The second-order valence-electron chi connectivity index (χ2n) is 4.64. The van der Waals surface area contributed by atoms with Gasteiger partial charge in [0, 0.05) is 6.54 Å². The van der Waals surface area contributed by atoms with Crippen molar-refractivity contribution in [2.24, 2.45) is 0 Å². The second kappa shape index (κ2) is 6.01. The maximum Gasteiger partial charge on any atom is 0.257 e. The monoisotopic (exact) mass is 307 g/mol. The normalized spacial score (nSPS) is 22.9. The van der Waals surface area contributed by atoms with Crippen molar-refractivity contribution in [2.75, 3.05) is 19.0 Å². The summed E-state index contributed by atoms with van der Waals surface area (Å²) in [7, 11) is 0. The average Bonchev–Trinajstić information content (AvgIpc) is 2.45. The Balaban J connectivity index is 2.28. The van der Waals surface area contributed by atoms with Crippen LogP contribution in [0.3, 0.4) is 0 Å². The molecule has 110 valence electrons. The van der Waals surface area contributed by atoms with E-state index in [4.69, 9.17) is 16.3 Å². The molecule has 20 heavy (non-hydrogen) atoms. The van der Waals surface area contributed by atoms with Crippen LogP contribution >= 0.6 is 11.6 Å². The predicted molar refractivity (Wildman–Crippen MR) is 67.3 cm³/mol. The molecule has 2 rings (SSSR count). The van der Waals surface area contributed by atoms with E-state index < -0.39 is 28.9 Å². The Kier molecular flexibility index (Phi) is 4.55. The molecule has 1 aromatic carbocycles. The zero-order valence-electron chi connectivity index (χ0n) is 10.7. The smallest absolute Gasteiger partial charge is 0.257 e. The van der Waals surface area contributed by atoms with E-state index in [2.05, 4.69) is 0 Å². The zero-order chi connectivity index (χ0) is 14.9. The van der Waals surface area contributed by atoms with Crippen LogP contribution in [0.4, 0.5) is 13.2 Å². The van der Waals surface area contributed by atoms with E-state index in [0.717, 1.165) is 12.1 Å². The maximum absolute atomic E-state index is 13.7. The molecule has 0 aromatic heterocycles. The standard InChI is InChI=1S/C13H13ClF3NO2/c1-7-6-20-8(4-14)5-18(7)13(19)9-2-3-10(15)12(17)11(9)16/h2-3,7-8H,4-6H2,1H3. The molecule has 1 heterocycles. The van der Waals surface area contributed by atoms with Gasteiger partial charge in [-0.05, 0) is 19.1 Å². The number of ether oxygens (including phenoxy) is 1. The van der Waals surface area contributed by atoms with Gasteiger partial charge < -0.3 is 9.64 Å². The van der Waals surface area contributed by atoms with Crippen molar-refractivity contribution >= 4 is 17.5 Å². The Labute approximate surface area is 119 Å². The predicted octanol–water partition coefficient (Wildman–Crippen LogP) is 2.57. The Bertz CT molecular complexity index is 527. The topological polar surface area (TPSA) is 29.5 Å². The number of hydrogen-bond donors (Lipinski definition) is 0. The number of hydrogen-bond acceptors (Lipinski definition) is 2. The summed E-state index contributed by atoms with van der Waals surface area (Å²) >= 11 is 5.67. The van der Waals surface area contributed by atoms with E-state index in [0.29, 0.717) is 0 Å². The third-order valence-electron chi connectivity index (χ3n) is 3.20. The zero-order valence-corrected chi connectivity index (χ0v) is 11.5. The van der Waals surface area contributed by atoms with Crippen LogP contribution in [0, 0.1) is 17.5 Å². The Morgan fingerprint density at radius 2 is 2.10 bits per heavy atom. The van der Waals surface area contributed by atoms with Crippen LogP contribution in [0.15, 0.2) is 12.1 Å². The van der Waals surface area contributed by atoms with Gasteiger partial charge in [-0.1, -0.05) is 0 Å². The van der Waals surface area contributed by atoms with Gasteiger partial charge in [0.15, 0.2) is 17.5 Å². The van der Waals surface area contributed by atoms with E-state index in [1.807, 2.05) is 0 Å². The van der Waals surface area contributed by atoms with Crippen LogP contribution in [0.5, 0.6) is 0 Å². The lowest BCUT2D eigenvalue weighted by Crippen LogP contribution is -2.51. The van der Waals surface area contributed by atoms with Gasteiger partial charge in [-0.3, -0.25) is 4.79 Å². The number of halogens is 4. The number of alkyl halides is 1. The molecule has 0 aliphatic carbocycles. The van der Waals surface area contributed by atoms with Crippen molar-refractivity contribution in [1.29, 1.82) is 0 Å². The molecule has 1 fully saturated rings. The van der Waals surface area contributed by atoms with E-state index in [9.17, 15) is 18.0 Å². The molecule has 0 saturated carbocycles. The van der Waals surface area contributed by atoms with Gasteiger partial charge in [0.1, 0.15) is 0 Å². The average molecular weight is 308 g/mol. The van der Waals surface area contributed by atoms with Crippen molar-refractivity contribution in [3.63, 3.8) is 0 Å².